The molecule has 4 nitrogen and oxygen atoms in total. The Balaban J connectivity index is 1.51. The van der Waals surface area contributed by atoms with Gasteiger partial charge in [0.2, 0.25) is 0 Å². The van der Waals surface area contributed by atoms with Crippen molar-refractivity contribution in [1.82, 2.24) is 0 Å². The molecule has 1 aliphatic rings. The highest BCUT2D eigenvalue weighted by Crippen LogP contribution is 2.26. The molecule has 3 rings (SSSR count). The number of hydrogen-bond acceptors (Lipinski definition) is 3. The highest BCUT2D eigenvalue weighted by Gasteiger charge is 2.15. The fraction of sp³-hybridized carbons (Fsp3) is 0.316. The van der Waals surface area contributed by atoms with Crippen molar-refractivity contribution in [3.05, 3.63) is 59.7 Å². The molecule has 1 N–H and O–H groups in total. The zero-order chi connectivity index (χ0) is 16.1. The third-order valence-corrected chi connectivity index (χ3v) is 4.13. The first-order valence-electron chi connectivity index (χ1n) is 8.03. The largest absolute Gasteiger partial charge is 0.494 e. The minimum atomic E-state index is -0.930. The smallest absolute Gasteiger partial charge is 0.335 e. The molecule has 1 aliphatic heterocycles. The van der Waals surface area contributed by atoms with E-state index in [1.807, 2.05) is 0 Å². The van der Waals surface area contributed by atoms with Crippen LogP contribution in [-0.2, 0) is 6.42 Å². The second kappa shape index (κ2) is 7.18. The van der Waals surface area contributed by atoms with Crippen molar-refractivity contribution in [2.24, 2.45) is 0 Å². The number of carboxylic acid groups (broad SMARTS) is 1. The van der Waals surface area contributed by atoms with Gasteiger partial charge in [0.05, 0.1) is 12.2 Å². The standard InChI is InChI=1S/C19H21NO3/c21-19(22)16-7-3-9-17(14-16)23-13-5-12-20-11-4-8-15-6-1-2-10-18(15)20/h1-3,6-7,9-10,14H,4-5,8,11-13H2,(H,21,22). The van der Waals surface area contributed by atoms with Gasteiger partial charge in [0, 0.05) is 18.8 Å². The van der Waals surface area contributed by atoms with Gasteiger partial charge < -0.3 is 14.7 Å². The van der Waals surface area contributed by atoms with Gasteiger partial charge >= 0.3 is 5.97 Å². The Bertz CT molecular complexity index is 684. The number of carboxylic acids is 1. The van der Waals surface area contributed by atoms with E-state index in [0.717, 1.165) is 25.9 Å². The highest BCUT2D eigenvalue weighted by atomic mass is 16.5. The van der Waals surface area contributed by atoms with Crippen LogP contribution in [-0.4, -0.2) is 30.8 Å². The van der Waals surface area contributed by atoms with Crippen molar-refractivity contribution in [2.45, 2.75) is 19.3 Å². The van der Waals surface area contributed by atoms with E-state index < -0.39 is 5.97 Å². The van der Waals surface area contributed by atoms with Gasteiger partial charge in [-0.3, -0.25) is 0 Å². The van der Waals surface area contributed by atoms with Crippen LogP contribution in [0.5, 0.6) is 5.75 Å². The molecule has 23 heavy (non-hydrogen) atoms. The third kappa shape index (κ3) is 3.83. The lowest BCUT2D eigenvalue weighted by molar-refractivity contribution is 0.0696. The van der Waals surface area contributed by atoms with E-state index in [2.05, 4.69) is 29.2 Å². The molecular formula is C19H21NO3. The number of hydrogen-bond donors (Lipinski definition) is 1. The number of aryl methyl sites for hydroxylation is 1. The van der Waals surface area contributed by atoms with E-state index in [-0.39, 0.29) is 5.56 Å². The number of anilines is 1. The highest BCUT2D eigenvalue weighted by molar-refractivity contribution is 5.87. The predicted octanol–water partition coefficient (Wildman–Crippen LogP) is 3.61. The van der Waals surface area contributed by atoms with Crippen molar-refractivity contribution in [3.63, 3.8) is 0 Å². The number of nitrogens with zero attached hydrogens (tertiary/aromatic N) is 1. The van der Waals surface area contributed by atoms with Crippen LogP contribution in [0, 0.1) is 0 Å². The summed E-state index contributed by atoms with van der Waals surface area (Å²) in [7, 11) is 0. The van der Waals surface area contributed by atoms with E-state index in [0.29, 0.717) is 12.4 Å². The maximum absolute atomic E-state index is 10.9. The summed E-state index contributed by atoms with van der Waals surface area (Å²) in [5.74, 6) is -0.315. The quantitative estimate of drug-likeness (QED) is 0.828. The molecule has 4 heteroatoms. The second-order valence-corrected chi connectivity index (χ2v) is 5.75. The van der Waals surface area contributed by atoms with Crippen molar-refractivity contribution >= 4 is 11.7 Å². The monoisotopic (exact) mass is 311 g/mol. The molecule has 0 saturated heterocycles. The van der Waals surface area contributed by atoms with Crippen LogP contribution in [0.2, 0.25) is 0 Å². The molecule has 0 amide bonds. The number of benzene rings is 2. The Kier molecular flexibility index (Phi) is 4.81. The molecule has 1 heterocycles. The lowest BCUT2D eigenvalue weighted by Gasteiger charge is -2.31. The second-order valence-electron chi connectivity index (χ2n) is 5.75. The lowest BCUT2D eigenvalue weighted by atomic mass is 10.0. The van der Waals surface area contributed by atoms with Gasteiger partial charge in [0.1, 0.15) is 5.75 Å². The maximum atomic E-state index is 10.9. The molecule has 0 fully saturated rings. The van der Waals surface area contributed by atoms with Crippen LogP contribution in [0.4, 0.5) is 5.69 Å². The van der Waals surface area contributed by atoms with E-state index >= 15 is 0 Å². The molecule has 0 spiro atoms. The van der Waals surface area contributed by atoms with Gasteiger partial charge in [-0.2, -0.15) is 0 Å². The van der Waals surface area contributed by atoms with Gasteiger partial charge in [0.15, 0.2) is 0 Å². The van der Waals surface area contributed by atoms with Crippen molar-refractivity contribution in [2.75, 3.05) is 24.6 Å². The molecular weight excluding hydrogens is 290 g/mol. The molecule has 2 aromatic rings. The Morgan fingerprint density at radius 2 is 2.04 bits per heavy atom. The molecule has 2 aromatic carbocycles. The summed E-state index contributed by atoms with van der Waals surface area (Å²) in [6.45, 7) is 2.63. The summed E-state index contributed by atoms with van der Waals surface area (Å²) in [5, 5.41) is 8.98. The number of carbonyl (C=O) groups is 1. The van der Waals surface area contributed by atoms with Gasteiger partial charge in [-0.25, -0.2) is 4.79 Å². The Morgan fingerprint density at radius 1 is 1.17 bits per heavy atom. The van der Waals surface area contributed by atoms with Crippen LogP contribution in [0.25, 0.3) is 0 Å². The number of ether oxygens (including phenoxy) is 1. The van der Waals surface area contributed by atoms with Crippen LogP contribution in [0.15, 0.2) is 48.5 Å². The number of rotatable bonds is 6. The van der Waals surface area contributed by atoms with E-state index in [9.17, 15) is 4.79 Å². The normalized spacial score (nSPS) is 13.5. The maximum Gasteiger partial charge on any atom is 0.335 e. The minimum absolute atomic E-state index is 0.257. The summed E-state index contributed by atoms with van der Waals surface area (Å²) in [6, 6.07) is 15.2. The van der Waals surface area contributed by atoms with Crippen molar-refractivity contribution in [1.29, 1.82) is 0 Å². The van der Waals surface area contributed by atoms with Crippen LogP contribution in [0.1, 0.15) is 28.8 Å². The van der Waals surface area contributed by atoms with E-state index in [1.54, 1.807) is 24.3 Å². The SMILES string of the molecule is O=C(O)c1cccc(OCCCN2CCCc3ccccc32)c1. The number of para-hydroxylation sites is 1. The summed E-state index contributed by atoms with van der Waals surface area (Å²) in [5.41, 5.74) is 3.02. The molecule has 0 aromatic heterocycles. The third-order valence-electron chi connectivity index (χ3n) is 4.13. The van der Waals surface area contributed by atoms with Gasteiger partial charge in [-0.05, 0) is 49.1 Å². The van der Waals surface area contributed by atoms with Crippen LogP contribution in [0.3, 0.4) is 0 Å². The topological polar surface area (TPSA) is 49.8 Å². The zero-order valence-corrected chi connectivity index (χ0v) is 13.1. The summed E-state index contributed by atoms with van der Waals surface area (Å²) >= 11 is 0. The summed E-state index contributed by atoms with van der Waals surface area (Å²) in [4.78, 5) is 13.4. The summed E-state index contributed by atoms with van der Waals surface area (Å²) < 4.78 is 5.69. The first-order valence-corrected chi connectivity index (χ1v) is 8.03. The van der Waals surface area contributed by atoms with Crippen LogP contribution >= 0.6 is 0 Å². The average molecular weight is 311 g/mol. The minimum Gasteiger partial charge on any atom is -0.494 e. The Morgan fingerprint density at radius 3 is 2.91 bits per heavy atom. The molecule has 0 saturated carbocycles. The van der Waals surface area contributed by atoms with Gasteiger partial charge in [-0.1, -0.05) is 24.3 Å². The van der Waals surface area contributed by atoms with E-state index in [4.69, 9.17) is 9.84 Å². The summed E-state index contributed by atoms with van der Waals surface area (Å²) in [6.07, 6.45) is 3.26. The fourth-order valence-electron chi connectivity index (χ4n) is 3.01. The molecule has 0 atom stereocenters. The van der Waals surface area contributed by atoms with Crippen molar-refractivity contribution in [3.8, 4) is 5.75 Å². The molecule has 120 valence electrons. The number of fused-ring (bicyclic) bond motifs is 1. The molecule has 0 aliphatic carbocycles. The zero-order valence-electron chi connectivity index (χ0n) is 13.1. The van der Waals surface area contributed by atoms with Crippen LogP contribution < -0.4 is 9.64 Å². The molecule has 0 radical (unpaired) electrons. The first kappa shape index (κ1) is 15.4. The fourth-order valence-corrected chi connectivity index (χ4v) is 3.01. The van der Waals surface area contributed by atoms with Gasteiger partial charge in [0.25, 0.3) is 0 Å². The molecule has 0 unspecified atom stereocenters. The van der Waals surface area contributed by atoms with E-state index in [1.165, 1.54) is 17.7 Å². The lowest BCUT2D eigenvalue weighted by Crippen LogP contribution is -2.31. The average Bonchev–Trinajstić information content (AvgIpc) is 2.59. The number of aromatic carboxylic acids is 1. The Hall–Kier alpha value is -2.49. The molecule has 0 bridgehead atoms. The first-order chi connectivity index (χ1) is 11.2. The Labute approximate surface area is 136 Å². The van der Waals surface area contributed by atoms with Gasteiger partial charge in [-0.15, -0.1) is 0 Å². The predicted molar refractivity (Wildman–Crippen MR) is 90.5 cm³/mol. The van der Waals surface area contributed by atoms with Crippen molar-refractivity contribution < 1.29 is 14.6 Å².